The molecule has 0 fully saturated rings. The Morgan fingerprint density at radius 2 is 1.74 bits per heavy atom. The number of anilines is 1. The molecule has 0 aliphatic carbocycles. The molecule has 0 spiro atoms. The van der Waals surface area contributed by atoms with Gasteiger partial charge in [0.15, 0.2) is 5.69 Å². The van der Waals surface area contributed by atoms with Gasteiger partial charge in [-0.05, 0) is 62.2 Å². The van der Waals surface area contributed by atoms with E-state index in [2.05, 4.69) is 10.3 Å². The van der Waals surface area contributed by atoms with Crippen LogP contribution >= 0.6 is 0 Å². The van der Waals surface area contributed by atoms with Crippen molar-refractivity contribution in [3.05, 3.63) is 93.5 Å². The number of hydrogen-bond acceptors (Lipinski definition) is 5. The Bertz CT molecular complexity index is 1830. The predicted molar refractivity (Wildman–Crippen MR) is 146 cm³/mol. The van der Waals surface area contributed by atoms with Gasteiger partial charge in [0, 0.05) is 36.1 Å². The Morgan fingerprint density at radius 3 is 2.36 bits per heavy atom. The van der Waals surface area contributed by atoms with E-state index in [1.165, 1.54) is 16.9 Å². The van der Waals surface area contributed by atoms with Crippen LogP contribution in [-0.4, -0.2) is 26.1 Å². The lowest BCUT2D eigenvalue weighted by molar-refractivity contribution is 0.0992. The number of hydrogen-bond donors (Lipinski definition) is 2. The summed E-state index contributed by atoms with van der Waals surface area (Å²) >= 11 is 0. The number of pyridine rings is 1. The van der Waals surface area contributed by atoms with Crippen LogP contribution in [-0.2, 0) is 13.6 Å². The third-order valence-electron chi connectivity index (χ3n) is 6.62. The van der Waals surface area contributed by atoms with Crippen LogP contribution in [0.3, 0.4) is 0 Å². The molecule has 2 aromatic carbocycles. The van der Waals surface area contributed by atoms with Crippen LogP contribution in [0.2, 0.25) is 0 Å². The fraction of sp³-hybridized carbons (Fsp3) is 0.172. The van der Waals surface area contributed by atoms with Crippen molar-refractivity contribution in [2.75, 3.05) is 5.32 Å². The van der Waals surface area contributed by atoms with Gasteiger partial charge in [-0.3, -0.25) is 14.4 Å². The van der Waals surface area contributed by atoms with Gasteiger partial charge in [-0.25, -0.2) is 9.37 Å². The molecule has 9 nitrogen and oxygen atoms in total. The van der Waals surface area contributed by atoms with Crippen molar-refractivity contribution in [3.8, 4) is 22.4 Å². The van der Waals surface area contributed by atoms with Crippen molar-refractivity contribution in [3.63, 3.8) is 0 Å². The molecule has 0 saturated carbocycles. The zero-order valence-corrected chi connectivity index (χ0v) is 21.8. The first kappa shape index (κ1) is 25.7. The Labute approximate surface area is 222 Å². The Kier molecular flexibility index (Phi) is 6.39. The number of fused-ring (bicyclic) bond motifs is 1. The summed E-state index contributed by atoms with van der Waals surface area (Å²) in [5, 5.41) is 3.53. The number of nitrogens with zero attached hydrogens (tertiary/aromatic N) is 3. The second-order valence-electron chi connectivity index (χ2n) is 9.24. The second kappa shape index (κ2) is 9.71. The molecule has 39 heavy (non-hydrogen) atoms. The minimum Gasteiger partial charge on any atom is -0.381 e. The van der Waals surface area contributed by atoms with Crippen LogP contribution in [0.15, 0.2) is 63.9 Å². The topological polar surface area (TPSA) is 125 Å². The zero-order chi connectivity index (χ0) is 28.0. The van der Waals surface area contributed by atoms with Gasteiger partial charge in [0.05, 0.1) is 16.6 Å². The van der Waals surface area contributed by atoms with Crippen LogP contribution in [0.1, 0.15) is 39.2 Å². The summed E-state index contributed by atoms with van der Waals surface area (Å²) in [6, 6.07) is 15.1. The zero-order valence-electron chi connectivity index (χ0n) is 21.8. The second-order valence-corrected chi connectivity index (χ2v) is 9.24. The third kappa shape index (κ3) is 4.50. The van der Waals surface area contributed by atoms with Crippen molar-refractivity contribution in [2.45, 2.75) is 27.3 Å². The van der Waals surface area contributed by atoms with Crippen LogP contribution in [0.4, 0.5) is 10.1 Å². The minimum atomic E-state index is -0.932. The molecule has 2 amide bonds. The van der Waals surface area contributed by atoms with E-state index in [9.17, 15) is 18.8 Å². The summed E-state index contributed by atoms with van der Waals surface area (Å²) in [4.78, 5) is 41.9. The normalized spacial score (nSPS) is 11.2. The molecule has 0 saturated heterocycles. The highest BCUT2D eigenvalue weighted by Crippen LogP contribution is 2.32. The van der Waals surface area contributed by atoms with Gasteiger partial charge in [0.2, 0.25) is 0 Å². The number of amides is 2. The molecule has 0 aliphatic rings. The molecule has 0 atom stereocenters. The Morgan fingerprint density at radius 1 is 1.05 bits per heavy atom. The van der Waals surface area contributed by atoms with Crippen LogP contribution < -0.4 is 16.6 Å². The molecule has 0 unspecified atom stereocenters. The van der Waals surface area contributed by atoms with E-state index in [1.54, 1.807) is 20.9 Å². The molecule has 0 radical (unpaired) electrons. The summed E-state index contributed by atoms with van der Waals surface area (Å²) in [5.74, 6) is -1.67. The molecule has 5 aromatic rings. The average molecular weight is 528 g/mol. The molecular formula is C29H26FN5O4. The van der Waals surface area contributed by atoms with Gasteiger partial charge >= 0.3 is 0 Å². The van der Waals surface area contributed by atoms with E-state index < -0.39 is 17.6 Å². The van der Waals surface area contributed by atoms with Crippen molar-refractivity contribution in [2.24, 2.45) is 12.8 Å². The maximum atomic E-state index is 13.9. The quantitative estimate of drug-likeness (QED) is 0.329. The molecule has 3 heterocycles. The van der Waals surface area contributed by atoms with E-state index in [-0.39, 0.29) is 22.5 Å². The maximum absolute atomic E-state index is 13.9. The lowest BCUT2D eigenvalue weighted by atomic mass is 10.0. The molecule has 3 aromatic heterocycles. The number of primary amides is 1. The minimum absolute atomic E-state index is 0.192. The van der Waals surface area contributed by atoms with E-state index >= 15 is 0 Å². The smallest absolute Gasteiger partial charge is 0.290 e. The Hall–Kier alpha value is -4.99. The molecule has 5 rings (SSSR count). The number of aromatic nitrogens is 3. The highest BCUT2D eigenvalue weighted by Gasteiger charge is 2.21. The highest BCUT2D eigenvalue weighted by atomic mass is 19.1. The molecule has 0 bridgehead atoms. The first-order chi connectivity index (χ1) is 18.6. The largest absolute Gasteiger partial charge is 0.381 e. The van der Waals surface area contributed by atoms with Crippen LogP contribution in [0.5, 0.6) is 0 Å². The predicted octanol–water partition coefficient (Wildman–Crippen LogP) is 4.79. The van der Waals surface area contributed by atoms with Crippen LogP contribution in [0, 0.1) is 19.7 Å². The first-order valence-electron chi connectivity index (χ1n) is 12.3. The fourth-order valence-electron chi connectivity index (χ4n) is 4.87. The van der Waals surface area contributed by atoms with Gasteiger partial charge in [-0.15, -0.1) is 0 Å². The first-order valence-corrected chi connectivity index (χ1v) is 12.3. The number of nitrogens with one attached hydrogen (secondary N) is 1. The van der Waals surface area contributed by atoms with Crippen LogP contribution in [0.25, 0.3) is 33.3 Å². The maximum Gasteiger partial charge on any atom is 0.290 e. The third-order valence-corrected chi connectivity index (χ3v) is 6.62. The SMILES string of the molecule is CCn1c(-c2ccc(-c3c(C)on(C)c3=O)cc2)cc2cc(C)nc(C(=O)Nc3ccc(F)c(C(N)=O)c3)c21. The van der Waals surface area contributed by atoms with Crippen molar-refractivity contribution in [1.29, 1.82) is 0 Å². The van der Waals surface area contributed by atoms with E-state index in [4.69, 9.17) is 10.3 Å². The number of nitrogens with two attached hydrogens (primary N) is 1. The average Bonchev–Trinajstić information content (AvgIpc) is 3.39. The fourth-order valence-corrected chi connectivity index (χ4v) is 4.87. The van der Waals surface area contributed by atoms with Crippen molar-refractivity contribution in [1.82, 2.24) is 14.3 Å². The molecule has 0 aliphatic heterocycles. The summed E-state index contributed by atoms with van der Waals surface area (Å²) in [6.07, 6.45) is 0. The van der Waals surface area contributed by atoms with Crippen molar-refractivity contribution < 1.29 is 18.5 Å². The molecule has 198 valence electrons. The molecule has 3 N–H and O–H groups in total. The number of benzene rings is 2. The van der Waals surface area contributed by atoms with Gasteiger partial charge in [0.25, 0.3) is 17.4 Å². The van der Waals surface area contributed by atoms with E-state index in [0.717, 1.165) is 28.3 Å². The van der Waals surface area contributed by atoms with E-state index in [0.29, 0.717) is 29.1 Å². The number of carbonyl (C=O) groups is 2. The van der Waals surface area contributed by atoms with Crippen molar-refractivity contribution >= 4 is 28.4 Å². The summed E-state index contributed by atoms with van der Waals surface area (Å²) in [7, 11) is 1.57. The molecular weight excluding hydrogens is 501 g/mol. The van der Waals surface area contributed by atoms with Gasteiger partial charge in [-0.1, -0.05) is 24.3 Å². The van der Waals surface area contributed by atoms with Gasteiger partial charge in [0.1, 0.15) is 11.6 Å². The summed E-state index contributed by atoms with van der Waals surface area (Å²) in [5.41, 5.74) is 9.44. The molecule has 10 heteroatoms. The lowest BCUT2D eigenvalue weighted by Gasteiger charge is -2.12. The summed E-state index contributed by atoms with van der Waals surface area (Å²) < 4.78 is 22.5. The highest BCUT2D eigenvalue weighted by molar-refractivity contribution is 6.12. The monoisotopic (exact) mass is 527 g/mol. The number of aryl methyl sites for hydroxylation is 4. The van der Waals surface area contributed by atoms with E-state index in [1.807, 2.05) is 47.9 Å². The summed E-state index contributed by atoms with van der Waals surface area (Å²) in [6.45, 7) is 6.07. The number of halogens is 1. The number of carbonyl (C=O) groups excluding carboxylic acids is 2. The number of rotatable bonds is 6. The lowest BCUT2D eigenvalue weighted by Crippen LogP contribution is -2.18. The van der Waals surface area contributed by atoms with Gasteiger partial charge < -0.3 is 20.1 Å². The Balaban J connectivity index is 1.57. The van der Waals surface area contributed by atoms with Gasteiger partial charge in [-0.2, -0.15) is 4.74 Å². The standard InChI is InChI=1S/C29H26FN5O4/c1-5-35-23(17-6-8-18(9-7-17)24-16(3)39-34(4)29(24)38)13-19-12-15(2)32-25(26(19)35)28(37)33-20-10-11-22(30)21(14-20)27(31)36/h6-14H,5H2,1-4H3,(H2,31,36)(H,33,37).